The Morgan fingerprint density at radius 1 is 1.50 bits per heavy atom. The van der Waals surface area contributed by atoms with Crippen molar-refractivity contribution in [3.63, 3.8) is 0 Å². The van der Waals surface area contributed by atoms with Crippen molar-refractivity contribution >= 4 is 11.8 Å². The highest BCUT2D eigenvalue weighted by atomic mass is 32.2. The lowest BCUT2D eigenvalue weighted by molar-refractivity contribution is 0.431. The molecule has 2 rings (SSSR count). The van der Waals surface area contributed by atoms with Crippen molar-refractivity contribution in [2.24, 2.45) is 13.0 Å². The summed E-state index contributed by atoms with van der Waals surface area (Å²) in [5.41, 5.74) is 1.12. The second-order valence-electron chi connectivity index (χ2n) is 5.40. The number of aromatic nitrogens is 2. The largest absolute Gasteiger partial charge is 0.314 e. The normalized spacial score (nSPS) is 27.9. The molecule has 0 aliphatic heterocycles. The van der Waals surface area contributed by atoms with E-state index in [1.54, 1.807) is 0 Å². The maximum atomic E-state index is 4.43. The van der Waals surface area contributed by atoms with Crippen LogP contribution in [0.1, 0.15) is 38.8 Å². The van der Waals surface area contributed by atoms with Gasteiger partial charge in [-0.1, -0.05) is 13.8 Å². The SMILES string of the molecule is CCCNC1CCC(Sc2cc(C)nn2C)C1C. The van der Waals surface area contributed by atoms with Crippen LogP contribution < -0.4 is 5.32 Å². The molecule has 1 saturated carbocycles. The summed E-state index contributed by atoms with van der Waals surface area (Å²) in [6, 6.07) is 2.90. The summed E-state index contributed by atoms with van der Waals surface area (Å²) in [6.07, 6.45) is 3.86. The second kappa shape index (κ2) is 6.11. The molecule has 1 aromatic heterocycles. The Bertz CT molecular complexity index is 388. The average molecular weight is 267 g/mol. The highest BCUT2D eigenvalue weighted by molar-refractivity contribution is 7.99. The molecule has 0 radical (unpaired) electrons. The lowest BCUT2D eigenvalue weighted by atomic mass is 10.1. The molecule has 1 N–H and O–H groups in total. The van der Waals surface area contributed by atoms with Gasteiger partial charge in [0.1, 0.15) is 0 Å². The first-order valence-electron chi connectivity index (χ1n) is 7.02. The van der Waals surface area contributed by atoms with Crippen LogP contribution in [0, 0.1) is 12.8 Å². The molecule has 0 aromatic carbocycles. The lowest BCUT2D eigenvalue weighted by Crippen LogP contribution is -2.33. The topological polar surface area (TPSA) is 29.9 Å². The molecule has 0 amide bonds. The molecule has 3 atom stereocenters. The summed E-state index contributed by atoms with van der Waals surface area (Å²) in [6.45, 7) is 7.84. The predicted molar refractivity (Wildman–Crippen MR) is 78.1 cm³/mol. The Morgan fingerprint density at radius 3 is 2.89 bits per heavy atom. The minimum Gasteiger partial charge on any atom is -0.314 e. The van der Waals surface area contributed by atoms with E-state index in [9.17, 15) is 0 Å². The molecule has 4 heteroatoms. The van der Waals surface area contributed by atoms with Gasteiger partial charge in [-0.05, 0) is 44.7 Å². The highest BCUT2D eigenvalue weighted by Gasteiger charge is 2.33. The van der Waals surface area contributed by atoms with Gasteiger partial charge in [0.05, 0.1) is 10.7 Å². The third kappa shape index (κ3) is 3.09. The van der Waals surface area contributed by atoms with Crippen molar-refractivity contribution < 1.29 is 0 Å². The van der Waals surface area contributed by atoms with E-state index in [0.29, 0.717) is 6.04 Å². The van der Waals surface area contributed by atoms with Gasteiger partial charge in [0, 0.05) is 18.3 Å². The van der Waals surface area contributed by atoms with Gasteiger partial charge < -0.3 is 5.32 Å². The van der Waals surface area contributed by atoms with Crippen LogP contribution in [-0.4, -0.2) is 27.6 Å². The Balaban J connectivity index is 1.93. The zero-order chi connectivity index (χ0) is 13.1. The maximum Gasteiger partial charge on any atom is 0.0942 e. The van der Waals surface area contributed by atoms with E-state index in [-0.39, 0.29) is 0 Å². The molecular formula is C14H25N3S. The molecule has 1 aromatic rings. The van der Waals surface area contributed by atoms with Crippen LogP contribution in [0.2, 0.25) is 0 Å². The molecule has 1 aliphatic rings. The van der Waals surface area contributed by atoms with Gasteiger partial charge in [0.25, 0.3) is 0 Å². The van der Waals surface area contributed by atoms with Gasteiger partial charge in [-0.25, -0.2) is 0 Å². The van der Waals surface area contributed by atoms with Crippen LogP contribution in [0.4, 0.5) is 0 Å². The van der Waals surface area contributed by atoms with Crippen LogP contribution in [0.3, 0.4) is 0 Å². The summed E-state index contributed by atoms with van der Waals surface area (Å²) in [4.78, 5) is 0. The Morgan fingerprint density at radius 2 is 2.28 bits per heavy atom. The van der Waals surface area contributed by atoms with Crippen molar-refractivity contribution in [1.29, 1.82) is 0 Å². The van der Waals surface area contributed by atoms with Gasteiger partial charge in [0.2, 0.25) is 0 Å². The smallest absolute Gasteiger partial charge is 0.0942 e. The van der Waals surface area contributed by atoms with E-state index in [1.807, 2.05) is 23.5 Å². The van der Waals surface area contributed by atoms with Crippen LogP contribution in [0.15, 0.2) is 11.1 Å². The molecule has 1 fully saturated rings. The first-order valence-corrected chi connectivity index (χ1v) is 7.90. The van der Waals surface area contributed by atoms with Crippen LogP contribution in [0.5, 0.6) is 0 Å². The monoisotopic (exact) mass is 267 g/mol. The average Bonchev–Trinajstić information content (AvgIpc) is 2.82. The van der Waals surface area contributed by atoms with Crippen LogP contribution in [-0.2, 0) is 7.05 Å². The Labute approximate surface area is 115 Å². The standard InChI is InChI=1S/C14H25N3S/c1-5-8-15-12-6-7-13(11(12)3)18-14-9-10(2)16-17(14)4/h9,11-13,15H,5-8H2,1-4H3. The Kier molecular flexibility index (Phi) is 4.73. The summed E-state index contributed by atoms with van der Waals surface area (Å²) in [5.74, 6) is 0.747. The van der Waals surface area contributed by atoms with Crippen molar-refractivity contribution in [3.8, 4) is 0 Å². The van der Waals surface area contributed by atoms with Gasteiger partial charge in [0.15, 0.2) is 0 Å². The molecule has 3 unspecified atom stereocenters. The van der Waals surface area contributed by atoms with Crippen molar-refractivity contribution in [2.75, 3.05) is 6.54 Å². The fraction of sp³-hybridized carbons (Fsp3) is 0.786. The van der Waals surface area contributed by atoms with E-state index in [1.165, 1.54) is 24.3 Å². The summed E-state index contributed by atoms with van der Waals surface area (Å²) in [5, 5.41) is 10.1. The van der Waals surface area contributed by atoms with Gasteiger partial charge in [-0.3, -0.25) is 4.68 Å². The van der Waals surface area contributed by atoms with Crippen molar-refractivity contribution in [1.82, 2.24) is 15.1 Å². The fourth-order valence-electron chi connectivity index (χ4n) is 2.76. The molecule has 3 nitrogen and oxygen atoms in total. The van der Waals surface area contributed by atoms with E-state index >= 15 is 0 Å². The third-order valence-corrected chi connectivity index (χ3v) is 5.46. The number of rotatable bonds is 5. The molecule has 0 spiro atoms. The molecule has 18 heavy (non-hydrogen) atoms. The summed E-state index contributed by atoms with van der Waals surface area (Å²) < 4.78 is 2.01. The zero-order valence-electron chi connectivity index (χ0n) is 11.9. The zero-order valence-corrected chi connectivity index (χ0v) is 12.8. The third-order valence-electron chi connectivity index (χ3n) is 3.87. The maximum absolute atomic E-state index is 4.43. The molecule has 1 heterocycles. The number of nitrogens with one attached hydrogen (secondary N) is 1. The quantitative estimate of drug-likeness (QED) is 0.889. The minimum absolute atomic E-state index is 0.705. The van der Waals surface area contributed by atoms with Gasteiger partial charge >= 0.3 is 0 Å². The number of nitrogens with zero attached hydrogens (tertiary/aromatic N) is 2. The van der Waals surface area contributed by atoms with Crippen molar-refractivity contribution in [3.05, 3.63) is 11.8 Å². The molecule has 1 aliphatic carbocycles. The number of hydrogen-bond donors (Lipinski definition) is 1. The summed E-state index contributed by atoms with van der Waals surface area (Å²) >= 11 is 2.00. The van der Waals surface area contributed by atoms with Gasteiger partial charge in [-0.2, -0.15) is 5.10 Å². The van der Waals surface area contributed by atoms with E-state index in [0.717, 1.165) is 23.4 Å². The molecule has 0 saturated heterocycles. The first-order chi connectivity index (χ1) is 8.61. The lowest BCUT2D eigenvalue weighted by Gasteiger charge is -2.21. The fourth-order valence-corrected chi connectivity index (χ4v) is 4.17. The van der Waals surface area contributed by atoms with E-state index in [2.05, 4.69) is 37.3 Å². The Hall–Kier alpha value is -0.480. The molecule has 0 bridgehead atoms. The number of hydrogen-bond acceptors (Lipinski definition) is 3. The first kappa shape index (κ1) is 13.9. The van der Waals surface area contributed by atoms with Crippen molar-refractivity contribution in [2.45, 2.75) is 56.4 Å². The van der Waals surface area contributed by atoms with E-state index in [4.69, 9.17) is 0 Å². The number of aryl methyl sites for hydroxylation is 2. The minimum atomic E-state index is 0.705. The summed E-state index contributed by atoms with van der Waals surface area (Å²) in [7, 11) is 2.04. The van der Waals surface area contributed by atoms with Crippen LogP contribution in [0.25, 0.3) is 0 Å². The van der Waals surface area contributed by atoms with Crippen LogP contribution >= 0.6 is 11.8 Å². The molecular weight excluding hydrogens is 242 g/mol. The predicted octanol–water partition coefficient (Wildman–Crippen LogP) is 2.99. The number of thioether (sulfide) groups is 1. The second-order valence-corrected chi connectivity index (χ2v) is 6.66. The highest BCUT2D eigenvalue weighted by Crippen LogP contribution is 2.38. The van der Waals surface area contributed by atoms with Gasteiger partial charge in [-0.15, -0.1) is 11.8 Å². The van der Waals surface area contributed by atoms with E-state index < -0.39 is 0 Å². The molecule has 102 valence electrons.